The van der Waals surface area contributed by atoms with Crippen molar-refractivity contribution in [3.8, 4) is 0 Å². The van der Waals surface area contributed by atoms with Crippen molar-refractivity contribution < 1.29 is 9.18 Å². The molecule has 0 unspecified atom stereocenters. The fourth-order valence-electron chi connectivity index (χ4n) is 1.86. The number of carbonyl (C=O) groups excluding carboxylic acids is 1. The molecule has 0 fully saturated rings. The summed E-state index contributed by atoms with van der Waals surface area (Å²) in [6, 6.07) is 7.84. The quantitative estimate of drug-likeness (QED) is 0.824. The van der Waals surface area contributed by atoms with E-state index in [0.717, 1.165) is 11.1 Å². The second kappa shape index (κ2) is 5.51. The third-order valence-corrected chi connectivity index (χ3v) is 3.49. The number of nitrogens with two attached hydrogens (primary N) is 1. The standard InChI is InChI=1S/C15H14ClFN2O/c1-8-6-7-12(18)14(9(8)2)19-15(20)10-4-3-5-11(16)13(10)17/h3-7H,18H2,1-2H3,(H,19,20). The van der Waals surface area contributed by atoms with Crippen LogP contribution in [-0.2, 0) is 0 Å². The molecule has 3 nitrogen and oxygen atoms in total. The number of carbonyl (C=O) groups is 1. The lowest BCUT2D eigenvalue weighted by molar-refractivity contribution is 0.102. The average Bonchev–Trinajstić information content (AvgIpc) is 2.42. The molecule has 2 aromatic carbocycles. The molecule has 0 aliphatic carbocycles. The maximum Gasteiger partial charge on any atom is 0.258 e. The van der Waals surface area contributed by atoms with Crippen LogP contribution in [0.5, 0.6) is 0 Å². The van der Waals surface area contributed by atoms with Crippen LogP contribution in [0.2, 0.25) is 5.02 Å². The van der Waals surface area contributed by atoms with Gasteiger partial charge in [-0.3, -0.25) is 4.79 Å². The smallest absolute Gasteiger partial charge is 0.258 e. The molecule has 0 aliphatic heterocycles. The first kappa shape index (κ1) is 14.3. The van der Waals surface area contributed by atoms with Gasteiger partial charge >= 0.3 is 0 Å². The van der Waals surface area contributed by atoms with E-state index in [4.69, 9.17) is 17.3 Å². The third kappa shape index (κ3) is 2.60. The lowest BCUT2D eigenvalue weighted by Gasteiger charge is -2.13. The van der Waals surface area contributed by atoms with Crippen LogP contribution in [-0.4, -0.2) is 5.91 Å². The second-order valence-electron chi connectivity index (χ2n) is 4.53. The van der Waals surface area contributed by atoms with E-state index >= 15 is 0 Å². The zero-order chi connectivity index (χ0) is 14.9. The zero-order valence-electron chi connectivity index (χ0n) is 11.1. The minimum absolute atomic E-state index is 0.0911. The molecule has 0 saturated carbocycles. The van der Waals surface area contributed by atoms with E-state index in [-0.39, 0.29) is 10.6 Å². The first-order valence-electron chi connectivity index (χ1n) is 6.03. The summed E-state index contributed by atoms with van der Waals surface area (Å²) in [7, 11) is 0. The highest BCUT2D eigenvalue weighted by Gasteiger charge is 2.16. The molecule has 5 heteroatoms. The molecule has 20 heavy (non-hydrogen) atoms. The second-order valence-corrected chi connectivity index (χ2v) is 4.93. The molecule has 0 aliphatic rings. The highest BCUT2D eigenvalue weighted by Crippen LogP contribution is 2.27. The number of amides is 1. The van der Waals surface area contributed by atoms with Gasteiger partial charge in [-0.25, -0.2) is 4.39 Å². The van der Waals surface area contributed by atoms with Gasteiger partial charge in [0.2, 0.25) is 0 Å². The van der Waals surface area contributed by atoms with Gasteiger partial charge in [0.05, 0.1) is 22.0 Å². The van der Waals surface area contributed by atoms with Crippen LogP contribution < -0.4 is 11.1 Å². The molecule has 0 saturated heterocycles. The van der Waals surface area contributed by atoms with Crippen molar-refractivity contribution in [1.29, 1.82) is 0 Å². The fraction of sp³-hybridized carbons (Fsp3) is 0.133. The Bertz CT molecular complexity index is 686. The fourth-order valence-corrected chi connectivity index (χ4v) is 2.04. The Balaban J connectivity index is 2.38. The number of hydrogen-bond donors (Lipinski definition) is 2. The minimum atomic E-state index is -0.740. The molecule has 3 N–H and O–H groups in total. The Labute approximate surface area is 121 Å². The molecule has 0 spiro atoms. The highest BCUT2D eigenvalue weighted by molar-refractivity contribution is 6.31. The van der Waals surface area contributed by atoms with Crippen molar-refractivity contribution in [2.24, 2.45) is 0 Å². The van der Waals surface area contributed by atoms with E-state index in [9.17, 15) is 9.18 Å². The SMILES string of the molecule is Cc1ccc(N)c(NC(=O)c2cccc(Cl)c2F)c1C. The number of anilines is 2. The van der Waals surface area contributed by atoms with Crippen molar-refractivity contribution in [2.45, 2.75) is 13.8 Å². The Hall–Kier alpha value is -2.07. The van der Waals surface area contributed by atoms with Gasteiger partial charge in [0.15, 0.2) is 5.82 Å². The summed E-state index contributed by atoms with van der Waals surface area (Å²) in [5.74, 6) is -1.32. The highest BCUT2D eigenvalue weighted by atomic mass is 35.5. The molecular weight excluding hydrogens is 279 g/mol. The van der Waals surface area contributed by atoms with Crippen molar-refractivity contribution in [3.63, 3.8) is 0 Å². The van der Waals surface area contributed by atoms with E-state index in [2.05, 4.69) is 5.32 Å². The summed E-state index contributed by atoms with van der Waals surface area (Å²) in [6.45, 7) is 3.75. The maximum atomic E-state index is 13.8. The van der Waals surface area contributed by atoms with Gasteiger partial charge in [0.1, 0.15) is 0 Å². The molecule has 2 aromatic rings. The average molecular weight is 293 g/mol. The number of aryl methyl sites for hydroxylation is 1. The van der Waals surface area contributed by atoms with Crippen molar-refractivity contribution in [2.75, 3.05) is 11.1 Å². The van der Waals surface area contributed by atoms with E-state index in [1.165, 1.54) is 18.2 Å². The summed E-state index contributed by atoms with van der Waals surface area (Å²) in [6.07, 6.45) is 0. The first-order valence-corrected chi connectivity index (χ1v) is 6.40. The largest absolute Gasteiger partial charge is 0.397 e. The predicted molar refractivity (Wildman–Crippen MR) is 79.7 cm³/mol. The molecule has 0 atom stereocenters. The normalized spacial score (nSPS) is 10.4. The van der Waals surface area contributed by atoms with E-state index in [0.29, 0.717) is 11.4 Å². The molecule has 104 valence electrons. The molecule has 0 bridgehead atoms. The van der Waals surface area contributed by atoms with Crippen LogP contribution in [0, 0.1) is 19.7 Å². The van der Waals surface area contributed by atoms with Crippen LogP contribution in [0.15, 0.2) is 30.3 Å². The number of benzene rings is 2. The minimum Gasteiger partial charge on any atom is -0.397 e. The first-order chi connectivity index (χ1) is 9.41. The Morgan fingerprint density at radius 3 is 2.65 bits per heavy atom. The molecule has 0 radical (unpaired) electrons. The summed E-state index contributed by atoms with van der Waals surface area (Å²) in [5, 5.41) is 2.55. The van der Waals surface area contributed by atoms with E-state index in [1.54, 1.807) is 6.07 Å². The molecule has 1 amide bonds. The number of nitrogens with one attached hydrogen (secondary N) is 1. The van der Waals surface area contributed by atoms with Gasteiger partial charge in [0, 0.05) is 0 Å². The molecule has 0 heterocycles. The van der Waals surface area contributed by atoms with Crippen LogP contribution in [0.1, 0.15) is 21.5 Å². The van der Waals surface area contributed by atoms with Gasteiger partial charge in [0.25, 0.3) is 5.91 Å². The van der Waals surface area contributed by atoms with Gasteiger partial charge in [-0.15, -0.1) is 0 Å². The van der Waals surface area contributed by atoms with Crippen LogP contribution in [0.4, 0.5) is 15.8 Å². The number of rotatable bonds is 2. The molecule has 0 aromatic heterocycles. The van der Waals surface area contributed by atoms with Crippen molar-refractivity contribution >= 4 is 28.9 Å². The summed E-state index contributed by atoms with van der Waals surface area (Å²) >= 11 is 5.67. The van der Waals surface area contributed by atoms with Crippen LogP contribution in [0.3, 0.4) is 0 Å². The topological polar surface area (TPSA) is 55.1 Å². The summed E-state index contributed by atoms with van der Waals surface area (Å²) in [4.78, 5) is 12.1. The Morgan fingerprint density at radius 1 is 1.25 bits per heavy atom. The van der Waals surface area contributed by atoms with Crippen molar-refractivity contribution in [3.05, 3.63) is 57.9 Å². The zero-order valence-corrected chi connectivity index (χ0v) is 11.9. The number of hydrogen-bond acceptors (Lipinski definition) is 2. The van der Waals surface area contributed by atoms with Crippen molar-refractivity contribution in [1.82, 2.24) is 0 Å². The summed E-state index contributed by atoms with van der Waals surface area (Å²) in [5.41, 5.74) is 8.50. The van der Waals surface area contributed by atoms with Crippen LogP contribution >= 0.6 is 11.6 Å². The number of nitrogen functional groups attached to an aromatic ring is 1. The van der Waals surface area contributed by atoms with Gasteiger partial charge < -0.3 is 11.1 Å². The van der Waals surface area contributed by atoms with Gasteiger partial charge in [-0.05, 0) is 43.2 Å². The molecule has 2 rings (SSSR count). The van der Waals surface area contributed by atoms with E-state index < -0.39 is 11.7 Å². The number of halogens is 2. The monoisotopic (exact) mass is 292 g/mol. The predicted octanol–water partition coefficient (Wildman–Crippen LogP) is 3.93. The molecular formula is C15H14ClFN2O. The Morgan fingerprint density at radius 2 is 1.95 bits per heavy atom. The van der Waals surface area contributed by atoms with Gasteiger partial charge in [-0.2, -0.15) is 0 Å². The lowest BCUT2D eigenvalue weighted by Crippen LogP contribution is -2.16. The lowest BCUT2D eigenvalue weighted by atomic mass is 10.1. The Kier molecular flexibility index (Phi) is 3.95. The van der Waals surface area contributed by atoms with E-state index in [1.807, 2.05) is 19.9 Å². The van der Waals surface area contributed by atoms with Gasteiger partial charge in [-0.1, -0.05) is 23.7 Å². The summed E-state index contributed by atoms with van der Waals surface area (Å²) < 4.78 is 13.8. The maximum absolute atomic E-state index is 13.8. The van der Waals surface area contributed by atoms with Crippen LogP contribution in [0.25, 0.3) is 0 Å². The third-order valence-electron chi connectivity index (χ3n) is 3.20.